The largest absolute Gasteiger partial charge is 0.394 e. The summed E-state index contributed by atoms with van der Waals surface area (Å²) in [6, 6.07) is 4.43. The molecule has 0 bridgehead atoms. The zero-order chi connectivity index (χ0) is 8.97. The van der Waals surface area contributed by atoms with Crippen LogP contribution in [0.2, 0.25) is 0 Å². The van der Waals surface area contributed by atoms with Crippen LogP contribution in [0.15, 0.2) is 18.2 Å². The van der Waals surface area contributed by atoms with Crippen molar-refractivity contribution in [3.05, 3.63) is 29.6 Å². The lowest BCUT2D eigenvalue weighted by Crippen LogP contribution is -2.16. The standard InChI is InChI=1S/C8H10N2O2/c9-7(5-12)8-3-1-2-6(4-11)10-8/h1-4,7,12H,5,9H2. The van der Waals surface area contributed by atoms with E-state index < -0.39 is 6.04 Å². The Morgan fingerprint density at radius 3 is 3.00 bits per heavy atom. The Balaban J connectivity index is 2.93. The number of pyridine rings is 1. The summed E-state index contributed by atoms with van der Waals surface area (Å²) < 4.78 is 0. The number of aliphatic hydroxyl groups is 1. The van der Waals surface area contributed by atoms with E-state index in [2.05, 4.69) is 4.98 Å². The molecule has 0 aromatic carbocycles. The molecule has 1 aromatic heterocycles. The maximum atomic E-state index is 10.3. The van der Waals surface area contributed by atoms with Crippen LogP contribution in [0, 0.1) is 0 Å². The Bertz CT molecular complexity index is 276. The van der Waals surface area contributed by atoms with Crippen LogP contribution < -0.4 is 5.73 Å². The van der Waals surface area contributed by atoms with Crippen LogP contribution in [0.4, 0.5) is 0 Å². The zero-order valence-corrected chi connectivity index (χ0v) is 6.47. The topological polar surface area (TPSA) is 76.2 Å². The number of carbonyl (C=O) groups excluding carboxylic acids is 1. The molecule has 4 heteroatoms. The first-order valence-electron chi connectivity index (χ1n) is 3.56. The van der Waals surface area contributed by atoms with Crippen molar-refractivity contribution < 1.29 is 9.90 Å². The quantitative estimate of drug-likeness (QED) is 0.614. The summed E-state index contributed by atoms with van der Waals surface area (Å²) in [6.45, 7) is -0.171. The van der Waals surface area contributed by atoms with Gasteiger partial charge in [-0.2, -0.15) is 0 Å². The first-order chi connectivity index (χ1) is 5.77. The molecule has 12 heavy (non-hydrogen) atoms. The van der Waals surface area contributed by atoms with Gasteiger partial charge in [0.05, 0.1) is 18.3 Å². The Kier molecular flexibility index (Phi) is 2.90. The van der Waals surface area contributed by atoms with Gasteiger partial charge in [-0.15, -0.1) is 0 Å². The first kappa shape index (κ1) is 8.83. The number of carbonyl (C=O) groups is 1. The molecule has 1 unspecified atom stereocenters. The van der Waals surface area contributed by atoms with E-state index >= 15 is 0 Å². The normalized spacial score (nSPS) is 12.5. The monoisotopic (exact) mass is 166 g/mol. The van der Waals surface area contributed by atoms with Gasteiger partial charge in [0.15, 0.2) is 6.29 Å². The molecule has 3 N–H and O–H groups in total. The van der Waals surface area contributed by atoms with Crippen molar-refractivity contribution in [2.45, 2.75) is 6.04 Å². The predicted octanol–water partition coefficient (Wildman–Crippen LogP) is -0.114. The minimum atomic E-state index is -0.509. The lowest BCUT2D eigenvalue weighted by atomic mass is 10.2. The first-order valence-corrected chi connectivity index (χ1v) is 3.56. The number of hydrogen-bond donors (Lipinski definition) is 2. The molecule has 0 radical (unpaired) electrons. The summed E-state index contributed by atoms with van der Waals surface area (Å²) in [5, 5.41) is 8.70. The van der Waals surface area contributed by atoms with Crippen molar-refractivity contribution in [3.8, 4) is 0 Å². The van der Waals surface area contributed by atoms with Gasteiger partial charge in [-0.25, -0.2) is 4.98 Å². The summed E-state index contributed by atoms with van der Waals surface area (Å²) in [7, 11) is 0. The van der Waals surface area contributed by atoms with Crippen molar-refractivity contribution >= 4 is 6.29 Å². The third-order valence-corrected chi connectivity index (χ3v) is 1.49. The van der Waals surface area contributed by atoms with Gasteiger partial charge in [-0.1, -0.05) is 6.07 Å². The van der Waals surface area contributed by atoms with Crippen molar-refractivity contribution in [1.29, 1.82) is 0 Å². The molecule has 0 amide bonds. The Hall–Kier alpha value is -1.26. The molecule has 1 aromatic rings. The van der Waals surface area contributed by atoms with Gasteiger partial charge in [-0.3, -0.25) is 4.79 Å². The van der Waals surface area contributed by atoms with Crippen LogP contribution in [-0.2, 0) is 0 Å². The van der Waals surface area contributed by atoms with Crippen molar-refractivity contribution in [1.82, 2.24) is 4.98 Å². The molecule has 0 saturated heterocycles. The van der Waals surface area contributed by atoms with E-state index in [4.69, 9.17) is 10.8 Å². The molecule has 0 aliphatic heterocycles. The number of nitrogens with zero attached hydrogens (tertiary/aromatic N) is 1. The highest BCUT2D eigenvalue weighted by molar-refractivity contribution is 5.71. The fraction of sp³-hybridized carbons (Fsp3) is 0.250. The fourth-order valence-electron chi connectivity index (χ4n) is 0.835. The van der Waals surface area contributed by atoms with Crippen molar-refractivity contribution in [2.75, 3.05) is 6.61 Å². The van der Waals surface area contributed by atoms with E-state index in [1.807, 2.05) is 0 Å². The van der Waals surface area contributed by atoms with E-state index in [1.54, 1.807) is 18.2 Å². The third kappa shape index (κ3) is 1.87. The smallest absolute Gasteiger partial charge is 0.168 e. The van der Waals surface area contributed by atoms with E-state index in [-0.39, 0.29) is 6.61 Å². The average molecular weight is 166 g/mol. The molecule has 0 fully saturated rings. The Morgan fingerprint density at radius 2 is 2.42 bits per heavy atom. The molecular weight excluding hydrogens is 156 g/mol. The average Bonchev–Trinajstić information content (AvgIpc) is 2.17. The summed E-state index contributed by atoms with van der Waals surface area (Å²) in [4.78, 5) is 14.2. The molecule has 0 spiro atoms. The van der Waals surface area contributed by atoms with Gasteiger partial charge in [-0.05, 0) is 12.1 Å². The molecule has 0 saturated carbocycles. The summed E-state index contributed by atoms with van der Waals surface area (Å²) in [5.41, 5.74) is 6.35. The lowest BCUT2D eigenvalue weighted by molar-refractivity contribution is 0.111. The number of hydrogen-bond acceptors (Lipinski definition) is 4. The van der Waals surface area contributed by atoms with Gasteiger partial charge >= 0.3 is 0 Å². The Morgan fingerprint density at radius 1 is 1.67 bits per heavy atom. The van der Waals surface area contributed by atoms with Crippen molar-refractivity contribution in [2.24, 2.45) is 5.73 Å². The zero-order valence-electron chi connectivity index (χ0n) is 6.47. The van der Waals surface area contributed by atoms with Crippen LogP contribution in [-0.4, -0.2) is 23.0 Å². The van der Waals surface area contributed by atoms with E-state index in [0.29, 0.717) is 17.7 Å². The lowest BCUT2D eigenvalue weighted by Gasteiger charge is -2.06. The molecule has 1 heterocycles. The van der Waals surface area contributed by atoms with Crippen LogP contribution in [0.1, 0.15) is 22.2 Å². The SMILES string of the molecule is NC(CO)c1cccc(C=O)n1. The fourth-order valence-corrected chi connectivity index (χ4v) is 0.835. The molecule has 64 valence electrons. The van der Waals surface area contributed by atoms with E-state index in [9.17, 15) is 4.79 Å². The molecule has 0 aliphatic carbocycles. The maximum absolute atomic E-state index is 10.3. The third-order valence-electron chi connectivity index (χ3n) is 1.49. The number of rotatable bonds is 3. The Labute approximate surface area is 70.0 Å². The molecule has 1 atom stereocenters. The van der Waals surface area contributed by atoms with E-state index in [0.717, 1.165) is 0 Å². The van der Waals surface area contributed by atoms with Gasteiger partial charge in [0.1, 0.15) is 5.69 Å². The second kappa shape index (κ2) is 3.94. The molecule has 0 aliphatic rings. The number of aldehydes is 1. The molecule has 4 nitrogen and oxygen atoms in total. The maximum Gasteiger partial charge on any atom is 0.168 e. The van der Waals surface area contributed by atoms with E-state index in [1.165, 1.54) is 0 Å². The van der Waals surface area contributed by atoms with Gasteiger partial charge < -0.3 is 10.8 Å². The minimum absolute atomic E-state index is 0.171. The van der Waals surface area contributed by atoms with Crippen LogP contribution >= 0.6 is 0 Å². The predicted molar refractivity (Wildman–Crippen MR) is 43.6 cm³/mol. The van der Waals surface area contributed by atoms with Gasteiger partial charge in [0.2, 0.25) is 0 Å². The number of aliphatic hydroxyl groups excluding tert-OH is 1. The minimum Gasteiger partial charge on any atom is -0.394 e. The molecular formula is C8H10N2O2. The second-order valence-electron chi connectivity index (χ2n) is 2.39. The molecule has 1 rings (SSSR count). The van der Waals surface area contributed by atoms with Crippen LogP contribution in [0.5, 0.6) is 0 Å². The summed E-state index contributed by atoms with van der Waals surface area (Å²) in [6.07, 6.45) is 0.646. The number of aromatic nitrogens is 1. The van der Waals surface area contributed by atoms with Gasteiger partial charge in [0.25, 0.3) is 0 Å². The highest BCUT2D eigenvalue weighted by atomic mass is 16.3. The second-order valence-corrected chi connectivity index (χ2v) is 2.39. The van der Waals surface area contributed by atoms with Crippen LogP contribution in [0.25, 0.3) is 0 Å². The number of nitrogens with two attached hydrogens (primary N) is 1. The highest BCUT2D eigenvalue weighted by Crippen LogP contribution is 2.05. The van der Waals surface area contributed by atoms with Gasteiger partial charge in [0, 0.05) is 0 Å². The summed E-state index contributed by atoms with van der Waals surface area (Å²) >= 11 is 0. The highest BCUT2D eigenvalue weighted by Gasteiger charge is 2.05. The van der Waals surface area contributed by atoms with Crippen molar-refractivity contribution in [3.63, 3.8) is 0 Å². The summed E-state index contributed by atoms with van der Waals surface area (Å²) in [5.74, 6) is 0. The van der Waals surface area contributed by atoms with Crippen LogP contribution in [0.3, 0.4) is 0 Å².